The zero-order valence-corrected chi connectivity index (χ0v) is 7.83. The number of nitrogens with two attached hydrogens (primary N) is 1. The van der Waals surface area contributed by atoms with E-state index in [1.807, 2.05) is 0 Å². The van der Waals surface area contributed by atoms with Crippen LogP contribution in [-0.4, -0.2) is 6.04 Å². The molecule has 2 N–H and O–H groups in total. The minimum Gasteiger partial charge on any atom is -0.327 e. The SMILES string of the molecule is Cl.NC1CCC12CCCCC2. The molecule has 1 atom stereocenters. The van der Waals surface area contributed by atoms with E-state index in [0.717, 1.165) is 0 Å². The zero-order valence-electron chi connectivity index (χ0n) is 7.01. The fourth-order valence-corrected chi connectivity index (χ4v) is 2.60. The Morgan fingerprint density at radius 1 is 1.00 bits per heavy atom. The van der Waals surface area contributed by atoms with E-state index < -0.39 is 0 Å². The van der Waals surface area contributed by atoms with Crippen LogP contribution in [0.25, 0.3) is 0 Å². The highest BCUT2D eigenvalue weighted by Gasteiger charge is 2.44. The van der Waals surface area contributed by atoms with Crippen molar-refractivity contribution in [2.45, 2.75) is 51.0 Å². The van der Waals surface area contributed by atoms with Gasteiger partial charge in [-0.2, -0.15) is 0 Å². The van der Waals surface area contributed by atoms with Crippen LogP contribution in [0.1, 0.15) is 44.9 Å². The maximum atomic E-state index is 5.99. The van der Waals surface area contributed by atoms with Crippen LogP contribution in [-0.2, 0) is 0 Å². The molecular formula is C9H18ClN. The molecule has 0 aromatic heterocycles. The van der Waals surface area contributed by atoms with E-state index in [1.165, 1.54) is 44.9 Å². The van der Waals surface area contributed by atoms with E-state index >= 15 is 0 Å². The Balaban J connectivity index is 0.000000605. The minimum atomic E-state index is 0. The average Bonchev–Trinajstić information content (AvgIpc) is 2.04. The van der Waals surface area contributed by atoms with E-state index in [-0.39, 0.29) is 12.4 Å². The Bertz CT molecular complexity index is 130. The van der Waals surface area contributed by atoms with Gasteiger partial charge < -0.3 is 5.73 Å². The number of rotatable bonds is 0. The van der Waals surface area contributed by atoms with Gasteiger partial charge in [-0.3, -0.25) is 0 Å². The van der Waals surface area contributed by atoms with Crippen LogP contribution in [0.4, 0.5) is 0 Å². The molecule has 0 heterocycles. The van der Waals surface area contributed by atoms with Crippen molar-refractivity contribution >= 4 is 12.4 Å². The lowest BCUT2D eigenvalue weighted by Gasteiger charge is -2.50. The Morgan fingerprint density at radius 3 is 1.91 bits per heavy atom. The van der Waals surface area contributed by atoms with E-state index in [2.05, 4.69) is 0 Å². The molecule has 0 bridgehead atoms. The summed E-state index contributed by atoms with van der Waals surface area (Å²) in [5.41, 5.74) is 6.63. The molecule has 0 aromatic rings. The van der Waals surface area contributed by atoms with Crippen molar-refractivity contribution in [3.05, 3.63) is 0 Å². The second-order valence-electron chi connectivity index (χ2n) is 4.07. The molecule has 11 heavy (non-hydrogen) atoms. The van der Waals surface area contributed by atoms with Crippen molar-refractivity contribution in [1.29, 1.82) is 0 Å². The fourth-order valence-electron chi connectivity index (χ4n) is 2.60. The van der Waals surface area contributed by atoms with Crippen LogP contribution in [0, 0.1) is 5.41 Å². The Kier molecular flexibility index (Phi) is 2.82. The molecule has 2 aliphatic rings. The van der Waals surface area contributed by atoms with Crippen molar-refractivity contribution < 1.29 is 0 Å². The molecule has 2 rings (SSSR count). The topological polar surface area (TPSA) is 26.0 Å². The van der Waals surface area contributed by atoms with Crippen LogP contribution in [0.3, 0.4) is 0 Å². The first-order valence-electron chi connectivity index (χ1n) is 4.59. The molecule has 0 aromatic carbocycles. The molecule has 2 heteroatoms. The summed E-state index contributed by atoms with van der Waals surface area (Å²) in [7, 11) is 0. The van der Waals surface area contributed by atoms with Gasteiger partial charge in [0.2, 0.25) is 0 Å². The van der Waals surface area contributed by atoms with E-state index in [4.69, 9.17) is 5.73 Å². The standard InChI is InChI=1S/C9H17N.ClH/c10-8-4-7-9(8)5-2-1-3-6-9;/h8H,1-7,10H2;1H. The Morgan fingerprint density at radius 2 is 1.64 bits per heavy atom. The van der Waals surface area contributed by atoms with Crippen molar-refractivity contribution in [1.82, 2.24) is 0 Å². The molecule has 0 aliphatic heterocycles. The lowest BCUT2D eigenvalue weighted by molar-refractivity contribution is 0.0457. The summed E-state index contributed by atoms with van der Waals surface area (Å²) in [6.45, 7) is 0. The van der Waals surface area contributed by atoms with Gasteiger partial charge in [0.1, 0.15) is 0 Å². The van der Waals surface area contributed by atoms with Gasteiger partial charge in [-0.1, -0.05) is 19.3 Å². The number of hydrogen-bond acceptors (Lipinski definition) is 1. The minimum absolute atomic E-state index is 0. The van der Waals surface area contributed by atoms with Crippen molar-refractivity contribution in [3.8, 4) is 0 Å². The van der Waals surface area contributed by atoms with Crippen LogP contribution < -0.4 is 5.73 Å². The van der Waals surface area contributed by atoms with Crippen LogP contribution >= 0.6 is 12.4 Å². The van der Waals surface area contributed by atoms with Crippen molar-refractivity contribution in [3.63, 3.8) is 0 Å². The summed E-state index contributed by atoms with van der Waals surface area (Å²) in [6, 6.07) is 0.563. The van der Waals surface area contributed by atoms with Crippen LogP contribution in [0.5, 0.6) is 0 Å². The highest BCUT2D eigenvalue weighted by Crippen LogP contribution is 2.50. The number of halogens is 1. The van der Waals surface area contributed by atoms with Gasteiger partial charge in [0.05, 0.1) is 0 Å². The highest BCUT2D eigenvalue weighted by molar-refractivity contribution is 5.85. The maximum Gasteiger partial charge on any atom is 0.00957 e. The third-order valence-corrected chi connectivity index (χ3v) is 3.59. The van der Waals surface area contributed by atoms with Gasteiger partial charge in [0.15, 0.2) is 0 Å². The van der Waals surface area contributed by atoms with E-state index in [0.29, 0.717) is 11.5 Å². The largest absolute Gasteiger partial charge is 0.327 e. The third-order valence-electron chi connectivity index (χ3n) is 3.59. The van der Waals surface area contributed by atoms with Crippen molar-refractivity contribution in [2.75, 3.05) is 0 Å². The normalized spacial score (nSPS) is 34.1. The molecule has 0 saturated heterocycles. The van der Waals surface area contributed by atoms with Gasteiger partial charge in [0, 0.05) is 6.04 Å². The van der Waals surface area contributed by atoms with Gasteiger partial charge in [-0.05, 0) is 31.1 Å². The van der Waals surface area contributed by atoms with Gasteiger partial charge in [-0.25, -0.2) is 0 Å². The summed E-state index contributed by atoms with van der Waals surface area (Å²) in [5.74, 6) is 0. The monoisotopic (exact) mass is 175 g/mol. The van der Waals surface area contributed by atoms with Crippen LogP contribution in [0.2, 0.25) is 0 Å². The lowest BCUT2D eigenvalue weighted by Crippen LogP contribution is -2.51. The quantitative estimate of drug-likeness (QED) is 0.602. The smallest absolute Gasteiger partial charge is 0.00957 e. The molecule has 0 amide bonds. The number of hydrogen-bond donors (Lipinski definition) is 1. The predicted molar refractivity (Wildman–Crippen MR) is 50.0 cm³/mol. The second-order valence-corrected chi connectivity index (χ2v) is 4.07. The van der Waals surface area contributed by atoms with Gasteiger partial charge >= 0.3 is 0 Å². The first-order valence-corrected chi connectivity index (χ1v) is 4.59. The first kappa shape index (κ1) is 9.34. The van der Waals surface area contributed by atoms with Gasteiger partial charge in [-0.15, -0.1) is 12.4 Å². The summed E-state index contributed by atoms with van der Waals surface area (Å²) in [6.07, 6.45) is 9.90. The molecule has 2 fully saturated rings. The fraction of sp³-hybridized carbons (Fsp3) is 1.00. The zero-order chi connectivity index (χ0) is 7.03. The molecule has 1 unspecified atom stereocenters. The predicted octanol–water partition coefficient (Wildman–Crippen LogP) is 2.48. The molecule has 1 spiro atoms. The average molecular weight is 176 g/mol. The third kappa shape index (κ3) is 1.41. The molecule has 2 saturated carbocycles. The Hall–Kier alpha value is 0.250. The molecule has 2 aliphatic carbocycles. The van der Waals surface area contributed by atoms with Crippen LogP contribution in [0.15, 0.2) is 0 Å². The molecule has 1 nitrogen and oxygen atoms in total. The summed E-state index contributed by atoms with van der Waals surface area (Å²) < 4.78 is 0. The molecule has 0 radical (unpaired) electrons. The summed E-state index contributed by atoms with van der Waals surface area (Å²) >= 11 is 0. The Labute approximate surface area is 75.1 Å². The summed E-state index contributed by atoms with van der Waals surface area (Å²) in [4.78, 5) is 0. The molecule has 66 valence electrons. The van der Waals surface area contributed by atoms with E-state index in [9.17, 15) is 0 Å². The van der Waals surface area contributed by atoms with Crippen molar-refractivity contribution in [2.24, 2.45) is 11.1 Å². The summed E-state index contributed by atoms with van der Waals surface area (Å²) in [5, 5.41) is 0. The van der Waals surface area contributed by atoms with Gasteiger partial charge in [0.25, 0.3) is 0 Å². The van der Waals surface area contributed by atoms with E-state index in [1.54, 1.807) is 0 Å². The maximum absolute atomic E-state index is 5.99. The first-order chi connectivity index (χ1) is 4.83. The highest BCUT2D eigenvalue weighted by atomic mass is 35.5. The second kappa shape index (κ2) is 3.32. The molecular weight excluding hydrogens is 158 g/mol. The lowest BCUT2D eigenvalue weighted by atomic mass is 9.58.